The summed E-state index contributed by atoms with van der Waals surface area (Å²) in [4.78, 5) is 12.3. The number of carbonyl (C=O) groups is 1. The zero-order chi connectivity index (χ0) is 19.3. The maximum Gasteiger partial charge on any atom is 0.309 e. The summed E-state index contributed by atoms with van der Waals surface area (Å²) >= 11 is 0. The summed E-state index contributed by atoms with van der Waals surface area (Å²) in [6.45, 7) is 0.813. The highest BCUT2D eigenvalue weighted by atomic mass is 32.2. The van der Waals surface area contributed by atoms with Crippen LogP contribution in [0, 0.1) is 11.7 Å². The molecule has 0 atom stereocenters. The van der Waals surface area contributed by atoms with Crippen LogP contribution in [-0.2, 0) is 26.0 Å². The summed E-state index contributed by atoms with van der Waals surface area (Å²) in [6, 6.07) is 14.5. The second kappa shape index (κ2) is 8.63. The fourth-order valence-electron chi connectivity index (χ4n) is 3.12. The van der Waals surface area contributed by atoms with Crippen molar-refractivity contribution in [3.8, 4) is 0 Å². The van der Waals surface area contributed by atoms with Gasteiger partial charge in [0.15, 0.2) is 0 Å². The van der Waals surface area contributed by atoms with Gasteiger partial charge in [-0.1, -0.05) is 30.3 Å². The van der Waals surface area contributed by atoms with Gasteiger partial charge in [0.05, 0.1) is 17.4 Å². The number of ether oxygens (including phenoxy) is 1. The third-order valence-corrected chi connectivity index (χ3v) is 6.63. The molecule has 0 radical (unpaired) electrons. The first kappa shape index (κ1) is 19.5. The Bertz CT molecular complexity index is 861. The Balaban J connectivity index is 1.49. The van der Waals surface area contributed by atoms with E-state index in [0.29, 0.717) is 25.9 Å². The highest BCUT2D eigenvalue weighted by Gasteiger charge is 2.32. The lowest BCUT2D eigenvalue weighted by Crippen LogP contribution is -2.40. The zero-order valence-corrected chi connectivity index (χ0v) is 15.7. The van der Waals surface area contributed by atoms with Gasteiger partial charge in [-0.3, -0.25) is 4.79 Å². The first-order valence-electron chi connectivity index (χ1n) is 8.93. The average molecular weight is 391 g/mol. The van der Waals surface area contributed by atoms with Gasteiger partial charge in [-0.15, -0.1) is 0 Å². The second-order valence-corrected chi connectivity index (χ2v) is 8.47. The van der Waals surface area contributed by atoms with Crippen molar-refractivity contribution in [3.63, 3.8) is 0 Å². The number of hydrogen-bond donors (Lipinski definition) is 0. The van der Waals surface area contributed by atoms with Crippen LogP contribution in [0.15, 0.2) is 59.5 Å². The number of piperidine rings is 1. The molecule has 1 heterocycles. The highest BCUT2D eigenvalue weighted by molar-refractivity contribution is 7.89. The summed E-state index contributed by atoms with van der Waals surface area (Å²) in [5.74, 6) is -1.05. The van der Waals surface area contributed by atoms with Crippen molar-refractivity contribution in [2.24, 2.45) is 5.92 Å². The molecule has 144 valence electrons. The van der Waals surface area contributed by atoms with Gasteiger partial charge >= 0.3 is 5.97 Å². The molecular weight excluding hydrogens is 369 g/mol. The van der Waals surface area contributed by atoms with Gasteiger partial charge in [0.25, 0.3) is 0 Å². The molecule has 0 N–H and O–H groups in total. The molecule has 0 unspecified atom stereocenters. The predicted octanol–water partition coefficient (Wildman–Crippen LogP) is 3.01. The average Bonchev–Trinajstić information content (AvgIpc) is 2.69. The molecule has 27 heavy (non-hydrogen) atoms. The van der Waals surface area contributed by atoms with E-state index in [9.17, 15) is 17.6 Å². The number of sulfonamides is 1. The van der Waals surface area contributed by atoms with E-state index in [4.69, 9.17) is 4.74 Å². The molecule has 1 saturated heterocycles. The van der Waals surface area contributed by atoms with Crippen molar-refractivity contribution >= 4 is 16.0 Å². The minimum atomic E-state index is -3.67. The third-order valence-electron chi connectivity index (χ3n) is 4.72. The van der Waals surface area contributed by atoms with Gasteiger partial charge in [-0.25, -0.2) is 12.8 Å². The maximum absolute atomic E-state index is 13.0. The Morgan fingerprint density at radius 1 is 1.04 bits per heavy atom. The van der Waals surface area contributed by atoms with Gasteiger partial charge in [0, 0.05) is 19.5 Å². The molecule has 0 bridgehead atoms. The molecule has 3 rings (SSSR count). The van der Waals surface area contributed by atoms with Crippen LogP contribution in [0.3, 0.4) is 0 Å². The molecule has 0 saturated carbocycles. The highest BCUT2D eigenvalue weighted by Crippen LogP contribution is 2.24. The molecular formula is C20H22FNO4S. The Hall–Kier alpha value is -2.25. The second-order valence-electron chi connectivity index (χ2n) is 6.54. The summed E-state index contributed by atoms with van der Waals surface area (Å²) < 4.78 is 44.9. The number of rotatable bonds is 6. The zero-order valence-electron chi connectivity index (χ0n) is 14.9. The molecule has 1 aliphatic heterocycles. The molecule has 1 fully saturated rings. The van der Waals surface area contributed by atoms with Gasteiger partial charge in [0.2, 0.25) is 10.0 Å². The molecule has 1 aliphatic rings. The van der Waals surface area contributed by atoms with E-state index in [1.165, 1.54) is 16.4 Å². The topological polar surface area (TPSA) is 63.7 Å². The van der Waals surface area contributed by atoms with E-state index in [-0.39, 0.29) is 29.9 Å². The van der Waals surface area contributed by atoms with E-state index in [0.717, 1.165) is 17.7 Å². The van der Waals surface area contributed by atoms with Crippen LogP contribution in [0.1, 0.15) is 18.4 Å². The lowest BCUT2D eigenvalue weighted by Gasteiger charge is -2.30. The molecule has 0 aliphatic carbocycles. The van der Waals surface area contributed by atoms with Crippen LogP contribution in [0.5, 0.6) is 0 Å². The SMILES string of the molecule is O=C(OCCc1ccccc1)C1CCN(S(=O)(=O)c2ccc(F)cc2)CC1. The van der Waals surface area contributed by atoms with Crippen LogP contribution in [0.25, 0.3) is 0 Å². The number of carbonyl (C=O) groups excluding carboxylic acids is 1. The van der Waals surface area contributed by atoms with E-state index in [1.54, 1.807) is 0 Å². The molecule has 2 aromatic rings. The minimum absolute atomic E-state index is 0.0628. The Labute approximate surface area is 158 Å². The van der Waals surface area contributed by atoms with Crippen molar-refractivity contribution in [2.75, 3.05) is 19.7 Å². The molecule has 2 aromatic carbocycles. The standard InChI is InChI=1S/C20H22FNO4S/c21-18-6-8-19(9-7-18)27(24,25)22-13-10-17(11-14-22)20(23)26-15-12-16-4-2-1-3-5-16/h1-9,17H,10-15H2. The fourth-order valence-corrected chi connectivity index (χ4v) is 4.59. The lowest BCUT2D eigenvalue weighted by molar-refractivity contribution is -0.149. The predicted molar refractivity (Wildman–Crippen MR) is 99.0 cm³/mol. The molecule has 5 nitrogen and oxygen atoms in total. The molecule has 0 amide bonds. The van der Waals surface area contributed by atoms with E-state index in [2.05, 4.69) is 0 Å². The van der Waals surface area contributed by atoms with E-state index >= 15 is 0 Å². The lowest BCUT2D eigenvalue weighted by atomic mass is 9.98. The summed E-state index contributed by atoms with van der Waals surface area (Å²) in [6.07, 6.45) is 1.50. The van der Waals surface area contributed by atoms with Crippen molar-refractivity contribution in [1.82, 2.24) is 4.31 Å². The van der Waals surface area contributed by atoms with E-state index < -0.39 is 15.8 Å². The van der Waals surface area contributed by atoms with Gasteiger partial charge in [0.1, 0.15) is 5.82 Å². The first-order valence-corrected chi connectivity index (χ1v) is 10.4. The first-order chi connectivity index (χ1) is 13.0. The Morgan fingerprint density at radius 3 is 2.30 bits per heavy atom. The number of benzene rings is 2. The Morgan fingerprint density at radius 2 is 1.67 bits per heavy atom. The Kier molecular flexibility index (Phi) is 6.23. The largest absolute Gasteiger partial charge is 0.465 e. The molecule has 0 spiro atoms. The number of hydrogen-bond acceptors (Lipinski definition) is 4. The maximum atomic E-state index is 13.0. The van der Waals surface area contributed by atoms with Crippen LogP contribution < -0.4 is 0 Å². The van der Waals surface area contributed by atoms with E-state index in [1.807, 2.05) is 30.3 Å². The van der Waals surface area contributed by atoms with Crippen LogP contribution >= 0.6 is 0 Å². The summed E-state index contributed by atoms with van der Waals surface area (Å²) in [5, 5.41) is 0. The monoisotopic (exact) mass is 391 g/mol. The fraction of sp³-hybridized carbons (Fsp3) is 0.350. The molecule has 7 heteroatoms. The number of nitrogens with zero attached hydrogens (tertiary/aromatic N) is 1. The minimum Gasteiger partial charge on any atom is -0.465 e. The van der Waals surface area contributed by atoms with Crippen molar-refractivity contribution in [2.45, 2.75) is 24.2 Å². The summed E-state index contributed by atoms with van der Waals surface area (Å²) in [7, 11) is -3.67. The molecule has 0 aromatic heterocycles. The van der Waals surface area contributed by atoms with Crippen LogP contribution in [0.4, 0.5) is 4.39 Å². The van der Waals surface area contributed by atoms with Gasteiger partial charge in [-0.2, -0.15) is 4.31 Å². The normalized spacial score (nSPS) is 16.2. The summed E-state index contributed by atoms with van der Waals surface area (Å²) in [5.41, 5.74) is 1.10. The van der Waals surface area contributed by atoms with Crippen molar-refractivity contribution < 1.29 is 22.3 Å². The van der Waals surface area contributed by atoms with Crippen LogP contribution in [0.2, 0.25) is 0 Å². The van der Waals surface area contributed by atoms with Gasteiger partial charge < -0.3 is 4.74 Å². The quantitative estimate of drug-likeness (QED) is 0.710. The number of halogens is 1. The van der Waals surface area contributed by atoms with Crippen molar-refractivity contribution in [1.29, 1.82) is 0 Å². The van der Waals surface area contributed by atoms with Crippen molar-refractivity contribution in [3.05, 3.63) is 66.0 Å². The number of esters is 1. The van der Waals surface area contributed by atoms with Crippen LogP contribution in [-0.4, -0.2) is 38.4 Å². The van der Waals surface area contributed by atoms with Gasteiger partial charge in [-0.05, 0) is 42.7 Å². The third kappa shape index (κ3) is 4.93. The smallest absolute Gasteiger partial charge is 0.309 e.